The van der Waals surface area contributed by atoms with Gasteiger partial charge in [0, 0.05) is 0 Å². The molecule has 2 radical (unpaired) electrons. The normalized spacial score (nSPS) is 13.8. The van der Waals surface area contributed by atoms with Crippen molar-refractivity contribution in [3.05, 3.63) is 0 Å². The summed E-state index contributed by atoms with van der Waals surface area (Å²) in [5.41, 5.74) is 0. The van der Waals surface area contributed by atoms with Crippen molar-refractivity contribution < 1.29 is 22.5 Å². The molecule has 0 bridgehead atoms. The predicted octanol–water partition coefficient (Wildman–Crippen LogP) is -0.607. The molecule has 1 N–H and O–H groups in total. The van der Waals surface area contributed by atoms with Gasteiger partial charge in [0.1, 0.15) is 0 Å². The zero-order chi connectivity index (χ0) is 9.78. The van der Waals surface area contributed by atoms with Crippen LogP contribution >= 0.6 is 0 Å². The number of rotatable bonds is 4. The van der Waals surface area contributed by atoms with Crippen LogP contribution in [0.5, 0.6) is 0 Å². The first kappa shape index (κ1) is 11.4. The molecule has 0 aliphatic heterocycles. The Hall–Kier alpha value is -0.555. The highest BCUT2D eigenvalue weighted by Crippen LogP contribution is 2.08. The minimum Gasteiger partial charge on any atom is -0.468 e. The molecule has 68 valence electrons. The number of methoxy groups -OCH3 is 1. The van der Waals surface area contributed by atoms with Crippen LogP contribution in [0.4, 0.5) is 0 Å². The van der Waals surface area contributed by atoms with Gasteiger partial charge in [0.25, 0.3) is 10.1 Å². The maximum atomic E-state index is 10.7. The van der Waals surface area contributed by atoms with E-state index in [0.717, 1.165) is 7.11 Å². The number of hydrogen-bond donors (Lipinski definition) is 1. The van der Waals surface area contributed by atoms with Crippen LogP contribution in [0, 0.1) is 0 Å². The summed E-state index contributed by atoms with van der Waals surface area (Å²) in [6, 6.07) is 0. The van der Waals surface area contributed by atoms with E-state index in [2.05, 4.69) is 4.74 Å². The first-order chi connectivity index (χ1) is 5.43. The van der Waals surface area contributed by atoms with E-state index in [0.29, 0.717) is 0 Å². The SMILES string of the molecule is [B]CCC(C(=O)OC)S(=O)(=O)O. The van der Waals surface area contributed by atoms with Crippen LogP contribution in [0.25, 0.3) is 0 Å². The molecule has 0 heterocycles. The molecule has 0 amide bonds. The molecule has 7 heteroatoms. The lowest BCUT2D eigenvalue weighted by atomic mass is 10.0. The second-order valence-corrected chi connectivity index (χ2v) is 3.70. The summed E-state index contributed by atoms with van der Waals surface area (Å²) in [5.74, 6) is -0.997. The van der Waals surface area contributed by atoms with E-state index in [9.17, 15) is 13.2 Å². The quantitative estimate of drug-likeness (QED) is 0.365. The largest absolute Gasteiger partial charge is 0.468 e. The van der Waals surface area contributed by atoms with Gasteiger partial charge < -0.3 is 4.74 Å². The molecule has 0 spiro atoms. The van der Waals surface area contributed by atoms with Gasteiger partial charge in [-0.05, 0) is 6.42 Å². The fourth-order valence-corrected chi connectivity index (χ4v) is 1.44. The molecule has 0 fully saturated rings. The Balaban J connectivity index is 4.56. The molecule has 5 nitrogen and oxygen atoms in total. The van der Waals surface area contributed by atoms with Crippen molar-refractivity contribution in [3.63, 3.8) is 0 Å². The number of ether oxygens (including phenoxy) is 1. The summed E-state index contributed by atoms with van der Waals surface area (Å²) < 4.78 is 33.7. The van der Waals surface area contributed by atoms with Crippen LogP contribution in [-0.2, 0) is 19.6 Å². The molecule has 0 aromatic carbocycles. The van der Waals surface area contributed by atoms with Crippen molar-refractivity contribution in [2.45, 2.75) is 18.0 Å². The topological polar surface area (TPSA) is 80.7 Å². The second-order valence-electron chi connectivity index (χ2n) is 2.10. The summed E-state index contributed by atoms with van der Waals surface area (Å²) in [7, 11) is 1.68. The molecule has 1 atom stereocenters. The lowest BCUT2D eigenvalue weighted by Gasteiger charge is -2.09. The highest BCUT2D eigenvalue weighted by atomic mass is 32.2. The predicted molar refractivity (Wildman–Crippen MR) is 42.5 cm³/mol. The third-order valence-corrected chi connectivity index (χ3v) is 2.40. The van der Waals surface area contributed by atoms with Crippen molar-refractivity contribution in [3.8, 4) is 0 Å². The maximum absolute atomic E-state index is 10.7. The highest BCUT2D eigenvalue weighted by molar-refractivity contribution is 7.87. The van der Waals surface area contributed by atoms with Gasteiger partial charge in [0.05, 0.1) is 15.0 Å². The highest BCUT2D eigenvalue weighted by Gasteiger charge is 2.30. The van der Waals surface area contributed by atoms with E-state index in [1.165, 1.54) is 0 Å². The van der Waals surface area contributed by atoms with Crippen LogP contribution in [0.15, 0.2) is 0 Å². The van der Waals surface area contributed by atoms with Gasteiger partial charge in [-0.15, -0.1) is 0 Å². The summed E-state index contributed by atoms with van der Waals surface area (Å²) in [6.45, 7) is 0. The summed E-state index contributed by atoms with van der Waals surface area (Å²) >= 11 is 0. The van der Waals surface area contributed by atoms with Crippen molar-refractivity contribution in [1.29, 1.82) is 0 Å². The molecular formula is C5H9BO5S. The van der Waals surface area contributed by atoms with Crippen molar-refractivity contribution in [2.24, 2.45) is 0 Å². The van der Waals surface area contributed by atoms with Gasteiger partial charge in [-0.1, -0.05) is 6.32 Å². The number of hydrogen-bond acceptors (Lipinski definition) is 4. The molecule has 0 aromatic rings. The minimum atomic E-state index is -4.39. The molecule has 0 aliphatic carbocycles. The third kappa shape index (κ3) is 3.23. The lowest BCUT2D eigenvalue weighted by Crippen LogP contribution is -2.30. The molecule has 0 saturated heterocycles. The Morgan fingerprint density at radius 2 is 2.17 bits per heavy atom. The lowest BCUT2D eigenvalue weighted by molar-refractivity contribution is -0.140. The van der Waals surface area contributed by atoms with Gasteiger partial charge in [-0.25, -0.2) is 0 Å². The Morgan fingerprint density at radius 3 is 2.42 bits per heavy atom. The second kappa shape index (κ2) is 4.47. The third-order valence-electron chi connectivity index (χ3n) is 1.25. The molecule has 12 heavy (non-hydrogen) atoms. The molecule has 0 saturated carbocycles. The summed E-state index contributed by atoms with van der Waals surface area (Å²) in [5, 5.41) is -1.56. The zero-order valence-electron chi connectivity index (χ0n) is 6.56. The molecule has 1 unspecified atom stereocenters. The Kier molecular flexibility index (Phi) is 4.26. The van der Waals surface area contributed by atoms with Gasteiger partial charge in [0.2, 0.25) is 0 Å². The fraction of sp³-hybridized carbons (Fsp3) is 0.800. The molecule has 0 aromatic heterocycles. The molecule has 0 aliphatic rings. The number of carbonyl (C=O) groups is 1. The molecule has 0 rings (SSSR count). The Morgan fingerprint density at radius 1 is 1.67 bits per heavy atom. The van der Waals surface area contributed by atoms with Gasteiger partial charge in [-0.3, -0.25) is 9.35 Å². The van der Waals surface area contributed by atoms with Crippen molar-refractivity contribution in [1.82, 2.24) is 0 Å². The van der Waals surface area contributed by atoms with Crippen LogP contribution in [0.1, 0.15) is 6.42 Å². The van der Waals surface area contributed by atoms with E-state index >= 15 is 0 Å². The van der Waals surface area contributed by atoms with E-state index in [1.54, 1.807) is 0 Å². The van der Waals surface area contributed by atoms with Crippen LogP contribution < -0.4 is 0 Å². The van der Waals surface area contributed by atoms with Crippen LogP contribution in [0.2, 0.25) is 6.32 Å². The smallest absolute Gasteiger partial charge is 0.326 e. The van der Waals surface area contributed by atoms with Crippen LogP contribution in [-0.4, -0.2) is 39.1 Å². The average Bonchev–Trinajstić information content (AvgIpc) is 1.96. The van der Waals surface area contributed by atoms with E-state index in [-0.39, 0.29) is 12.7 Å². The monoisotopic (exact) mass is 192 g/mol. The number of carbonyl (C=O) groups excluding carboxylic acids is 1. The first-order valence-electron chi connectivity index (χ1n) is 3.17. The first-order valence-corrected chi connectivity index (χ1v) is 4.68. The average molecular weight is 192 g/mol. The molecular weight excluding hydrogens is 183 g/mol. The van der Waals surface area contributed by atoms with Crippen molar-refractivity contribution in [2.75, 3.05) is 7.11 Å². The van der Waals surface area contributed by atoms with Gasteiger partial charge >= 0.3 is 5.97 Å². The Bertz CT molecular complexity index is 247. The van der Waals surface area contributed by atoms with Crippen molar-refractivity contribution >= 4 is 23.9 Å². The van der Waals surface area contributed by atoms with Gasteiger partial charge in [-0.2, -0.15) is 8.42 Å². The maximum Gasteiger partial charge on any atom is 0.326 e. The van der Waals surface area contributed by atoms with Gasteiger partial charge in [0.15, 0.2) is 5.25 Å². The standard InChI is InChI=1S/C5H9BO5S/c1-11-5(7)4(2-3-6)12(8,9)10/h4H,2-3H2,1H3,(H,8,9,10). The summed E-state index contributed by atoms with van der Waals surface area (Å²) in [4.78, 5) is 10.7. The fourth-order valence-electron chi connectivity index (χ4n) is 0.671. The van der Waals surface area contributed by atoms with Crippen LogP contribution in [0.3, 0.4) is 0 Å². The van der Waals surface area contributed by atoms with E-state index in [1.807, 2.05) is 0 Å². The van der Waals surface area contributed by atoms with E-state index < -0.39 is 21.3 Å². The minimum absolute atomic E-state index is 0.0143. The Labute approximate surface area is 72.3 Å². The zero-order valence-corrected chi connectivity index (χ0v) is 7.37. The van der Waals surface area contributed by atoms with E-state index in [4.69, 9.17) is 12.4 Å². The summed E-state index contributed by atoms with van der Waals surface area (Å²) in [6.07, 6.45) is -0.162. The number of esters is 1.